The molecule has 0 fully saturated rings. The molecule has 3 rings (SSSR count). The number of halogens is 1. The van der Waals surface area contributed by atoms with E-state index < -0.39 is 0 Å². The maximum absolute atomic E-state index is 9.86. The first-order valence-corrected chi connectivity index (χ1v) is 8.57. The second-order valence-corrected chi connectivity index (χ2v) is 6.44. The van der Waals surface area contributed by atoms with Crippen molar-refractivity contribution in [2.24, 2.45) is 0 Å². The van der Waals surface area contributed by atoms with Crippen LogP contribution >= 0.6 is 22.9 Å². The van der Waals surface area contributed by atoms with Gasteiger partial charge in [-0.15, -0.1) is 11.3 Å². The number of hydrogen-bond donors (Lipinski definition) is 1. The summed E-state index contributed by atoms with van der Waals surface area (Å²) in [5, 5.41) is 22.5. The quantitative estimate of drug-likeness (QED) is 0.639. The lowest BCUT2D eigenvalue weighted by Gasteiger charge is -2.03. The summed E-state index contributed by atoms with van der Waals surface area (Å²) >= 11 is 7.29. The fraction of sp³-hybridized carbons (Fsp3) is 0.0526. The number of phenolic OH excluding ortho intramolecular Hbond substituents is 1. The molecule has 0 saturated carbocycles. The minimum atomic E-state index is 0.0227. The number of methoxy groups -OCH3 is 1. The monoisotopic (exact) mass is 368 g/mol. The Morgan fingerprint density at radius 3 is 2.68 bits per heavy atom. The highest BCUT2D eigenvalue weighted by molar-refractivity contribution is 7.11. The molecule has 2 aromatic carbocycles. The maximum Gasteiger partial charge on any atom is 0.160 e. The van der Waals surface area contributed by atoms with Crippen molar-refractivity contribution in [2.75, 3.05) is 7.11 Å². The first-order valence-electron chi connectivity index (χ1n) is 7.31. The second kappa shape index (κ2) is 7.39. The van der Waals surface area contributed by atoms with Gasteiger partial charge in [0.1, 0.15) is 11.1 Å². The Balaban J connectivity index is 1.92. The number of thiazole rings is 1. The van der Waals surface area contributed by atoms with Gasteiger partial charge in [-0.2, -0.15) is 5.26 Å². The molecular formula is C19H13ClN2O2S. The van der Waals surface area contributed by atoms with Crippen molar-refractivity contribution in [1.82, 2.24) is 4.98 Å². The van der Waals surface area contributed by atoms with Crippen LogP contribution in [0.2, 0.25) is 5.02 Å². The van der Waals surface area contributed by atoms with Gasteiger partial charge in [0.2, 0.25) is 0 Å². The lowest BCUT2D eigenvalue weighted by atomic mass is 10.1. The molecule has 25 heavy (non-hydrogen) atoms. The predicted molar refractivity (Wildman–Crippen MR) is 101 cm³/mol. The van der Waals surface area contributed by atoms with E-state index in [1.807, 2.05) is 17.5 Å². The number of nitrogens with zero attached hydrogens (tertiary/aromatic N) is 2. The summed E-state index contributed by atoms with van der Waals surface area (Å²) in [6, 6.07) is 14.5. The summed E-state index contributed by atoms with van der Waals surface area (Å²) in [5.41, 5.74) is 2.84. The van der Waals surface area contributed by atoms with Crippen LogP contribution in [0.15, 0.2) is 47.8 Å². The number of ether oxygens (including phenoxy) is 1. The first-order chi connectivity index (χ1) is 12.1. The number of aromatic hydroxyl groups is 1. The van der Waals surface area contributed by atoms with E-state index in [0.717, 1.165) is 11.3 Å². The van der Waals surface area contributed by atoms with Crippen LogP contribution in [0.25, 0.3) is 22.9 Å². The molecule has 124 valence electrons. The Bertz CT molecular complexity index is 972. The highest BCUT2D eigenvalue weighted by atomic mass is 35.5. The van der Waals surface area contributed by atoms with Gasteiger partial charge in [-0.1, -0.05) is 29.8 Å². The van der Waals surface area contributed by atoms with Gasteiger partial charge < -0.3 is 9.84 Å². The minimum Gasteiger partial charge on any atom is -0.504 e. The molecule has 0 spiro atoms. The van der Waals surface area contributed by atoms with Crippen LogP contribution < -0.4 is 4.74 Å². The van der Waals surface area contributed by atoms with Crippen LogP contribution in [-0.4, -0.2) is 17.2 Å². The molecule has 4 nitrogen and oxygen atoms in total. The fourth-order valence-corrected chi connectivity index (χ4v) is 3.18. The van der Waals surface area contributed by atoms with Crippen molar-refractivity contribution in [2.45, 2.75) is 0 Å². The van der Waals surface area contributed by atoms with Gasteiger partial charge >= 0.3 is 0 Å². The van der Waals surface area contributed by atoms with E-state index in [4.69, 9.17) is 16.3 Å². The zero-order valence-corrected chi connectivity index (χ0v) is 14.8. The molecular weight excluding hydrogens is 356 g/mol. The molecule has 0 bridgehead atoms. The molecule has 0 aliphatic rings. The van der Waals surface area contributed by atoms with Gasteiger partial charge in [-0.25, -0.2) is 4.98 Å². The third-order valence-electron chi connectivity index (χ3n) is 3.51. The van der Waals surface area contributed by atoms with Gasteiger partial charge in [-0.3, -0.25) is 0 Å². The van der Waals surface area contributed by atoms with E-state index in [9.17, 15) is 10.4 Å². The molecule has 0 aliphatic carbocycles. The van der Waals surface area contributed by atoms with Crippen molar-refractivity contribution >= 4 is 34.6 Å². The van der Waals surface area contributed by atoms with Crippen LogP contribution in [0.3, 0.4) is 0 Å². The molecule has 1 N–H and O–H groups in total. The van der Waals surface area contributed by atoms with Gasteiger partial charge in [0, 0.05) is 16.0 Å². The SMILES string of the molecule is COc1ccc(/C=C(/C#N)c2nc(-c3ccc(Cl)cc3)cs2)cc1O. The highest BCUT2D eigenvalue weighted by Gasteiger charge is 2.10. The molecule has 3 aromatic rings. The Kier molecular flexibility index (Phi) is 5.03. The predicted octanol–water partition coefficient (Wildman–Crippen LogP) is 5.24. The number of nitriles is 1. The normalized spacial score (nSPS) is 11.2. The second-order valence-electron chi connectivity index (χ2n) is 5.15. The number of allylic oxidation sites excluding steroid dienone is 1. The Hall–Kier alpha value is -2.81. The Morgan fingerprint density at radius 1 is 1.28 bits per heavy atom. The topological polar surface area (TPSA) is 66.1 Å². The largest absolute Gasteiger partial charge is 0.504 e. The average Bonchev–Trinajstić information content (AvgIpc) is 3.10. The zero-order chi connectivity index (χ0) is 17.8. The lowest BCUT2D eigenvalue weighted by molar-refractivity contribution is 0.373. The van der Waals surface area contributed by atoms with Crippen LogP contribution in [0.4, 0.5) is 0 Å². The van der Waals surface area contributed by atoms with Crippen LogP contribution in [0.1, 0.15) is 10.6 Å². The van der Waals surface area contributed by atoms with E-state index >= 15 is 0 Å². The van der Waals surface area contributed by atoms with E-state index in [1.54, 1.807) is 36.4 Å². The standard InChI is InChI=1S/C19H13ClN2O2S/c1-24-18-7-2-12(9-17(18)23)8-14(10-21)19-22-16(11-25-19)13-3-5-15(20)6-4-13/h2-9,11,23H,1H3/b14-8-. The summed E-state index contributed by atoms with van der Waals surface area (Å²) in [6.45, 7) is 0. The molecule has 0 unspecified atom stereocenters. The van der Waals surface area contributed by atoms with Crippen molar-refractivity contribution in [3.05, 3.63) is 63.4 Å². The molecule has 0 radical (unpaired) electrons. The molecule has 6 heteroatoms. The van der Waals surface area contributed by atoms with Gasteiger partial charge in [0.25, 0.3) is 0 Å². The Morgan fingerprint density at radius 2 is 2.04 bits per heavy atom. The summed E-state index contributed by atoms with van der Waals surface area (Å²) in [4.78, 5) is 4.53. The van der Waals surface area contributed by atoms with Crippen LogP contribution in [0, 0.1) is 11.3 Å². The molecule has 0 aliphatic heterocycles. The summed E-state index contributed by atoms with van der Waals surface area (Å²) in [6.07, 6.45) is 1.68. The molecule has 1 aromatic heterocycles. The number of aromatic nitrogens is 1. The Labute approximate surface area is 154 Å². The van der Waals surface area contributed by atoms with Crippen molar-refractivity contribution in [3.8, 4) is 28.8 Å². The smallest absolute Gasteiger partial charge is 0.160 e. The van der Waals surface area contributed by atoms with Crippen molar-refractivity contribution in [3.63, 3.8) is 0 Å². The molecule has 0 amide bonds. The van der Waals surface area contributed by atoms with E-state index in [-0.39, 0.29) is 5.75 Å². The number of rotatable bonds is 4. The molecule has 1 heterocycles. The molecule has 0 saturated heterocycles. The summed E-state index contributed by atoms with van der Waals surface area (Å²) in [5.74, 6) is 0.407. The van der Waals surface area contributed by atoms with E-state index in [0.29, 0.717) is 26.9 Å². The van der Waals surface area contributed by atoms with Crippen LogP contribution in [-0.2, 0) is 0 Å². The van der Waals surface area contributed by atoms with Gasteiger partial charge in [0.05, 0.1) is 18.4 Å². The third-order valence-corrected chi connectivity index (χ3v) is 4.64. The lowest BCUT2D eigenvalue weighted by Crippen LogP contribution is -1.85. The van der Waals surface area contributed by atoms with Crippen molar-refractivity contribution in [1.29, 1.82) is 5.26 Å². The number of phenols is 1. The fourth-order valence-electron chi connectivity index (χ4n) is 2.26. The van der Waals surface area contributed by atoms with Crippen molar-refractivity contribution < 1.29 is 9.84 Å². The summed E-state index contributed by atoms with van der Waals surface area (Å²) in [7, 11) is 1.49. The first kappa shape index (κ1) is 17.0. The molecule has 0 atom stereocenters. The minimum absolute atomic E-state index is 0.0227. The van der Waals surface area contributed by atoms with Crippen LogP contribution in [0.5, 0.6) is 11.5 Å². The number of benzene rings is 2. The van der Waals surface area contributed by atoms with E-state index in [2.05, 4.69) is 11.1 Å². The number of hydrogen-bond acceptors (Lipinski definition) is 5. The third kappa shape index (κ3) is 3.82. The van der Waals surface area contributed by atoms with Gasteiger partial charge in [-0.05, 0) is 35.9 Å². The maximum atomic E-state index is 9.86. The zero-order valence-electron chi connectivity index (χ0n) is 13.2. The van der Waals surface area contributed by atoms with E-state index in [1.165, 1.54) is 18.4 Å². The van der Waals surface area contributed by atoms with Gasteiger partial charge in [0.15, 0.2) is 11.5 Å². The summed E-state index contributed by atoms with van der Waals surface area (Å²) < 4.78 is 5.02. The highest BCUT2D eigenvalue weighted by Crippen LogP contribution is 2.30. The average molecular weight is 369 g/mol.